The zero-order valence-electron chi connectivity index (χ0n) is 13.4. The average molecular weight is 332 g/mol. The molecule has 0 saturated heterocycles. The summed E-state index contributed by atoms with van der Waals surface area (Å²) in [6, 6.07) is 8.03. The van der Waals surface area contributed by atoms with E-state index < -0.39 is 11.9 Å². The maximum absolute atomic E-state index is 12.1. The van der Waals surface area contributed by atoms with E-state index in [1.54, 1.807) is 6.92 Å². The standard InChI is InChI=1S/C17H20N2O3S/c1-10-4-6-13(7-5-10)16-14(23-12(3)19-16)8-15(20)18-9-11(2)17(21)22/h4-7,11H,8-9H2,1-3H3,(H,18,20)(H,21,22)/t11-/m1/s1. The van der Waals surface area contributed by atoms with Crippen LogP contribution in [0.1, 0.15) is 22.4 Å². The molecule has 1 atom stereocenters. The second kappa shape index (κ2) is 7.37. The zero-order chi connectivity index (χ0) is 17.0. The first-order valence-electron chi connectivity index (χ1n) is 7.39. The molecule has 0 aliphatic carbocycles. The van der Waals surface area contributed by atoms with Crippen LogP contribution < -0.4 is 5.32 Å². The Hall–Kier alpha value is -2.21. The van der Waals surface area contributed by atoms with Crippen molar-refractivity contribution in [1.29, 1.82) is 0 Å². The van der Waals surface area contributed by atoms with Gasteiger partial charge in [-0.1, -0.05) is 36.8 Å². The number of hydrogen-bond donors (Lipinski definition) is 2. The summed E-state index contributed by atoms with van der Waals surface area (Å²) < 4.78 is 0. The summed E-state index contributed by atoms with van der Waals surface area (Å²) in [5.74, 6) is -1.70. The van der Waals surface area contributed by atoms with Gasteiger partial charge in [-0.05, 0) is 13.8 Å². The van der Waals surface area contributed by atoms with Gasteiger partial charge in [0.2, 0.25) is 5.91 Å². The summed E-state index contributed by atoms with van der Waals surface area (Å²) in [6.07, 6.45) is 0.209. The summed E-state index contributed by atoms with van der Waals surface area (Å²) in [6.45, 7) is 5.63. The van der Waals surface area contributed by atoms with Gasteiger partial charge >= 0.3 is 5.97 Å². The third kappa shape index (κ3) is 4.63. The van der Waals surface area contributed by atoms with Crippen molar-refractivity contribution in [3.63, 3.8) is 0 Å². The predicted molar refractivity (Wildman–Crippen MR) is 90.5 cm³/mol. The normalized spacial score (nSPS) is 12.0. The molecule has 1 aromatic carbocycles. The molecule has 2 aromatic rings. The summed E-state index contributed by atoms with van der Waals surface area (Å²) >= 11 is 1.49. The monoisotopic (exact) mass is 332 g/mol. The number of aryl methyl sites for hydroxylation is 2. The van der Waals surface area contributed by atoms with Gasteiger partial charge in [0.25, 0.3) is 0 Å². The van der Waals surface area contributed by atoms with Crippen molar-refractivity contribution < 1.29 is 14.7 Å². The topological polar surface area (TPSA) is 79.3 Å². The molecule has 0 aliphatic heterocycles. The number of nitrogens with one attached hydrogen (secondary N) is 1. The molecule has 0 bridgehead atoms. The predicted octanol–water partition coefficient (Wildman–Crippen LogP) is 2.81. The quantitative estimate of drug-likeness (QED) is 0.852. The number of rotatable bonds is 6. The Kier molecular flexibility index (Phi) is 5.50. The Morgan fingerprint density at radius 2 is 1.91 bits per heavy atom. The van der Waals surface area contributed by atoms with Crippen LogP contribution in [0.2, 0.25) is 0 Å². The number of aromatic nitrogens is 1. The molecular formula is C17H20N2O3S. The molecule has 2 rings (SSSR count). The molecule has 0 aliphatic rings. The van der Waals surface area contributed by atoms with Gasteiger partial charge in [0.1, 0.15) is 0 Å². The van der Waals surface area contributed by atoms with Gasteiger partial charge in [0.05, 0.1) is 23.0 Å². The molecule has 1 amide bonds. The number of aliphatic carboxylic acids is 1. The van der Waals surface area contributed by atoms with E-state index in [0.29, 0.717) is 0 Å². The van der Waals surface area contributed by atoms with Crippen molar-refractivity contribution in [2.45, 2.75) is 27.2 Å². The van der Waals surface area contributed by atoms with Gasteiger partial charge in [-0.3, -0.25) is 9.59 Å². The van der Waals surface area contributed by atoms with E-state index in [9.17, 15) is 9.59 Å². The number of nitrogens with zero attached hydrogens (tertiary/aromatic N) is 1. The molecule has 6 heteroatoms. The van der Waals surface area contributed by atoms with Crippen molar-refractivity contribution in [2.75, 3.05) is 6.54 Å². The number of amides is 1. The molecule has 1 aromatic heterocycles. The van der Waals surface area contributed by atoms with E-state index in [4.69, 9.17) is 5.11 Å². The smallest absolute Gasteiger partial charge is 0.308 e. The van der Waals surface area contributed by atoms with Crippen LogP contribution in [0.25, 0.3) is 11.3 Å². The number of carboxylic acid groups (broad SMARTS) is 1. The molecule has 23 heavy (non-hydrogen) atoms. The molecule has 0 radical (unpaired) electrons. The Morgan fingerprint density at radius 1 is 1.26 bits per heavy atom. The van der Waals surface area contributed by atoms with E-state index in [-0.39, 0.29) is 18.9 Å². The highest BCUT2D eigenvalue weighted by molar-refractivity contribution is 7.12. The lowest BCUT2D eigenvalue weighted by atomic mass is 10.1. The number of carbonyl (C=O) groups excluding carboxylic acids is 1. The van der Waals surface area contributed by atoms with E-state index in [1.807, 2.05) is 38.1 Å². The fourth-order valence-corrected chi connectivity index (χ4v) is 3.05. The minimum Gasteiger partial charge on any atom is -0.481 e. The second-order valence-corrected chi connectivity index (χ2v) is 6.88. The molecule has 1 heterocycles. The van der Waals surface area contributed by atoms with Crippen LogP contribution >= 0.6 is 11.3 Å². The highest BCUT2D eigenvalue weighted by atomic mass is 32.1. The molecule has 122 valence electrons. The Balaban J connectivity index is 2.10. The number of carboxylic acids is 1. The lowest BCUT2D eigenvalue weighted by molar-refractivity contribution is -0.141. The first-order valence-corrected chi connectivity index (χ1v) is 8.21. The lowest BCUT2D eigenvalue weighted by Gasteiger charge is -2.08. The van der Waals surface area contributed by atoms with Gasteiger partial charge in [0.15, 0.2) is 0 Å². The minimum absolute atomic E-state index is 0.131. The first kappa shape index (κ1) is 17.1. The van der Waals surface area contributed by atoms with Crippen molar-refractivity contribution in [1.82, 2.24) is 10.3 Å². The summed E-state index contributed by atoms with van der Waals surface area (Å²) in [7, 11) is 0. The van der Waals surface area contributed by atoms with Gasteiger partial charge in [-0.25, -0.2) is 4.98 Å². The van der Waals surface area contributed by atoms with Crippen LogP contribution in [0.15, 0.2) is 24.3 Å². The Morgan fingerprint density at radius 3 is 2.52 bits per heavy atom. The Labute approximate surface area is 139 Å². The van der Waals surface area contributed by atoms with Crippen molar-refractivity contribution >= 4 is 23.2 Å². The van der Waals surface area contributed by atoms with Crippen LogP contribution in [0.4, 0.5) is 0 Å². The first-order chi connectivity index (χ1) is 10.9. The van der Waals surface area contributed by atoms with Gasteiger partial charge in [0, 0.05) is 17.0 Å². The van der Waals surface area contributed by atoms with E-state index in [1.165, 1.54) is 16.9 Å². The second-order valence-electron chi connectivity index (χ2n) is 5.59. The maximum atomic E-state index is 12.1. The number of carbonyl (C=O) groups is 2. The van der Waals surface area contributed by atoms with Gasteiger partial charge < -0.3 is 10.4 Å². The average Bonchev–Trinajstić information content (AvgIpc) is 2.86. The zero-order valence-corrected chi connectivity index (χ0v) is 14.2. The van der Waals surface area contributed by atoms with Crippen LogP contribution in [0, 0.1) is 19.8 Å². The number of hydrogen-bond acceptors (Lipinski definition) is 4. The largest absolute Gasteiger partial charge is 0.481 e. The molecule has 0 saturated carbocycles. The third-order valence-electron chi connectivity index (χ3n) is 3.48. The fraction of sp³-hybridized carbons (Fsp3) is 0.353. The fourth-order valence-electron chi connectivity index (χ4n) is 2.09. The Bertz CT molecular complexity index is 707. The SMILES string of the molecule is Cc1ccc(-c2nc(C)sc2CC(=O)NC[C@@H](C)C(=O)O)cc1. The molecule has 2 N–H and O–H groups in total. The van der Waals surface area contributed by atoms with Crippen LogP contribution in [0.5, 0.6) is 0 Å². The minimum atomic E-state index is -0.917. The van der Waals surface area contributed by atoms with E-state index in [0.717, 1.165) is 21.1 Å². The highest BCUT2D eigenvalue weighted by Gasteiger charge is 2.16. The maximum Gasteiger partial charge on any atom is 0.308 e. The summed E-state index contributed by atoms with van der Waals surface area (Å²) in [4.78, 5) is 28.3. The number of benzene rings is 1. The van der Waals surface area contributed by atoms with Crippen molar-refractivity contribution in [2.24, 2.45) is 5.92 Å². The van der Waals surface area contributed by atoms with Gasteiger partial charge in [-0.2, -0.15) is 0 Å². The molecular weight excluding hydrogens is 312 g/mol. The number of thiazole rings is 1. The van der Waals surface area contributed by atoms with Gasteiger partial charge in [-0.15, -0.1) is 11.3 Å². The molecule has 0 fully saturated rings. The van der Waals surface area contributed by atoms with Crippen LogP contribution in [-0.2, 0) is 16.0 Å². The lowest BCUT2D eigenvalue weighted by Crippen LogP contribution is -2.32. The van der Waals surface area contributed by atoms with Crippen LogP contribution in [0.3, 0.4) is 0 Å². The highest BCUT2D eigenvalue weighted by Crippen LogP contribution is 2.28. The summed E-state index contributed by atoms with van der Waals surface area (Å²) in [5.41, 5.74) is 2.98. The van der Waals surface area contributed by atoms with Crippen molar-refractivity contribution in [3.8, 4) is 11.3 Å². The summed E-state index contributed by atoms with van der Waals surface area (Å²) in [5, 5.41) is 12.4. The molecule has 5 nitrogen and oxygen atoms in total. The molecule has 0 spiro atoms. The van der Waals surface area contributed by atoms with Crippen molar-refractivity contribution in [3.05, 3.63) is 39.7 Å². The third-order valence-corrected chi connectivity index (χ3v) is 4.45. The van der Waals surface area contributed by atoms with Crippen LogP contribution in [-0.4, -0.2) is 28.5 Å². The van der Waals surface area contributed by atoms with E-state index in [2.05, 4.69) is 10.3 Å². The molecule has 0 unspecified atom stereocenters. The van der Waals surface area contributed by atoms with E-state index >= 15 is 0 Å².